The predicted octanol–water partition coefficient (Wildman–Crippen LogP) is 3.14. The normalized spacial score (nSPS) is 10.1. The number of ether oxygens (including phenoxy) is 3. The SMILES string of the molecule is COc1cc(OC)c(OC)cc1CNc1ccc([N+](=O)[O-])cc1[N+](=O)[O-]. The van der Waals surface area contributed by atoms with E-state index in [2.05, 4.69) is 5.32 Å². The molecule has 2 rings (SSSR count). The van der Waals surface area contributed by atoms with Crippen LogP contribution in [0.15, 0.2) is 30.3 Å². The molecule has 0 saturated heterocycles. The van der Waals surface area contributed by atoms with Gasteiger partial charge in [0.05, 0.1) is 37.2 Å². The van der Waals surface area contributed by atoms with Gasteiger partial charge in [-0.1, -0.05) is 0 Å². The van der Waals surface area contributed by atoms with Crippen LogP contribution in [0.5, 0.6) is 17.2 Å². The van der Waals surface area contributed by atoms with Crippen molar-refractivity contribution in [2.75, 3.05) is 26.6 Å². The molecule has 0 amide bonds. The van der Waals surface area contributed by atoms with E-state index in [0.29, 0.717) is 22.8 Å². The summed E-state index contributed by atoms with van der Waals surface area (Å²) in [5.74, 6) is 1.46. The third-order valence-corrected chi connectivity index (χ3v) is 3.64. The van der Waals surface area contributed by atoms with Crippen molar-refractivity contribution in [1.29, 1.82) is 0 Å². The molecule has 0 aromatic heterocycles. The van der Waals surface area contributed by atoms with E-state index in [0.717, 1.165) is 6.07 Å². The Labute approximate surface area is 148 Å². The number of nitro groups is 2. The summed E-state index contributed by atoms with van der Waals surface area (Å²) < 4.78 is 15.8. The maximum Gasteiger partial charge on any atom is 0.299 e. The zero-order chi connectivity index (χ0) is 19.3. The first kappa shape index (κ1) is 18.8. The van der Waals surface area contributed by atoms with Crippen LogP contribution in [0.4, 0.5) is 17.1 Å². The van der Waals surface area contributed by atoms with Crippen LogP contribution in [0.2, 0.25) is 0 Å². The van der Waals surface area contributed by atoms with Crippen molar-refractivity contribution in [3.8, 4) is 17.2 Å². The highest BCUT2D eigenvalue weighted by molar-refractivity contribution is 5.65. The minimum atomic E-state index is -0.686. The molecule has 0 aliphatic heterocycles. The van der Waals surface area contributed by atoms with E-state index in [-0.39, 0.29) is 17.9 Å². The fourth-order valence-electron chi connectivity index (χ4n) is 2.36. The van der Waals surface area contributed by atoms with Gasteiger partial charge in [0.15, 0.2) is 11.5 Å². The molecule has 0 heterocycles. The first-order valence-electron chi connectivity index (χ1n) is 7.36. The third kappa shape index (κ3) is 3.91. The van der Waals surface area contributed by atoms with Crippen LogP contribution in [-0.4, -0.2) is 31.2 Å². The summed E-state index contributed by atoms with van der Waals surface area (Å²) in [7, 11) is 4.47. The smallest absolute Gasteiger partial charge is 0.299 e. The summed E-state index contributed by atoms with van der Waals surface area (Å²) in [6.07, 6.45) is 0. The van der Waals surface area contributed by atoms with E-state index in [4.69, 9.17) is 14.2 Å². The molecule has 0 spiro atoms. The van der Waals surface area contributed by atoms with Crippen molar-refractivity contribution in [2.24, 2.45) is 0 Å². The first-order chi connectivity index (χ1) is 12.4. The van der Waals surface area contributed by atoms with E-state index in [1.165, 1.54) is 33.5 Å². The fraction of sp³-hybridized carbons (Fsp3) is 0.250. The average Bonchev–Trinajstić information content (AvgIpc) is 2.65. The Morgan fingerprint density at radius 3 is 2.04 bits per heavy atom. The number of benzene rings is 2. The molecule has 26 heavy (non-hydrogen) atoms. The van der Waals surface area contributed by atoms with E-state index >= 15 is 0 Å². The average molecular weight is 363 g/mol. The van der Waals surface area contributed by atoms with Gasteiger partial charge < -0.3 is 19.5 Å². The van der Waals surface area contributed by atoms with Crippen LogP contribution in [0, 0.1) is 20.2 Å². The number of hydrogen-bond acceptors (Lipinski definition) is 8. The number of methoxy groups -OCH3 is 3. The Morgan fingerprint density at radius 2 is 1.50 bits per heavy atom. The minimum absolute atomic E-state index is 0.150. The second-order valence-electron chi connectivity index (χ2n) is 5.09. The van der Waals surface area contributed by atoms with Gasteiger partial charge >= 0.3 is 0 Å². The third-order valence-electron chi connectivity index (χ3n) is 3.64. The number of nitro benzene ring substituents is 2. The largest absolute Gasteiger partial charge is 0.496 e. The molecule has 138 valence electrons. The van der Waals surface area contributed by atoms with E-state index in [1.807, 2.05) is 0 Å². The molecule has 0 bridgehead atoms. The van der Waals surface area contributed by atoms with Crippen LogP contribution in [0.3, 0.4) is 0 Å². The Hall–Kier alpha value is -3.56. The Morgan fingerprint density at radius 1 is 0.885 bits per heavy atom. The van der Waals surface area contributed by atoms with Crippen LogP contribution in [0.1, 0.15) is 5.56 Å². The first-order valence-corrected chi connectivity index (χ1v) is 7.36. The van der Waals surface area contributed by atoms with Crippen molar-refractivity contribution in [1.82, 2.24) is 0 Å². The van der Waals surface area contributed by atoms with E-state index < -0.39 is 15.5 Å². The monoisotopic (exact) mass is 363 g/mol. The number of nitrogens with zero attached hydrogens (tertiary/aromatic N) is 2. The molecule has 0 aliphatic carbocycles. The molecule has 0 radical (unpaired) electrons. The van der Waals surface area contributed by atoms with Gasteiger partial charge in [-0.25, -0.2) is 0 Å². The molecule has 0 atom stereocenters. The summed E-state index contributed by atoms with van der Waals surface area (Å²) in [5, 5.41) is 24.9. The van der Waals surface area contributed by atoms with E-state index in [1.54, 1.807) is 12.1 Å². The van der Waals surface area contributed by atoms with Gasteiger partial charge in [-0.3, -0.25) is 20.2 Å². The number of anilines is 1. The quantitative estimate of drug-likeness (QED) is 0.560. The lowest BCUT2D eigenvalue weighted by molar-refractivity contribution is -0.393. The topological polar surface area (TPSA) is 126 Å². The molecule has 0 unspecified atom stereocenters. The molecular weight excluding hydrogens is 346 g/mol. The second-order valence-corrected chi connectivity index (χ2v) is 5.09. The lowest BCUT2D eigenvalue weighted by Crippen LogP contribution is -2.05. The molecule has 0 fully saturated rings. The molecule has 2 aromatic rings. The van der Waals surface area contributed by atoms with Gasteiger partial charge in [0, 0.05) is 24.2 Å². The summed E-state index contributed by atoms with van der Waals surface area (Å²) >= 11 is 0. The maximum atomic E-state index is 11.2. The van der Waals surface area contributed by atoms with Gasteiger partial charge in [-0.2, -0.15) is 0 Å². The summed E-state index contributed by atoms with van der Waals surface area (Å²) in [4.78, 5) is 20.6. The number of nitrogens with one attached hydrogen (secondary N) is 1. The Kier molecular flexibility index (Phi) is 5.78. The molecule has 0 aliphatic rings. The predicted molar refractivity (Wildman–Crippen MR) is 93.2 cm³/mol. The van der Waals surface area contributed by atoms with Crippen LogP contribution >= 0.6 is 0 Å². The Balaban J connectivity index is 2.34. The summed E-state index contributed by atoms with van der Waals surface area (Å²) in [6, 6.07) is 6.72. The highest BCUT2D eigenvalue weighted by Crippen LogP contribution is 2.36. The van der Waals surface area contributed by atoms with Crippen molar-refractivity contribution < 1.29 is 24.1 Å². The highest BCUT2D eigenvalue weighted by Gasteiger charge is 2.20. The molecule has 1 N–H and O–H groups in total. The van der Waals surface area contributed by atoms with Crippen LogP contribution in [-0.2, 0) is 6.54 Å². The number of hydrogen-bond donors (Lipinski definition) is 1. The van der Waals surface area contributed by atoms with E-state index in [9.17, 15) is 20.2 Å². The lowest BCUT2D eigenvalue weighted by atomic mass is 10.1. The zero-order valence-electron chi connectivity index (χ0n) is 14.3. The number of non-ortho nitro benzene ring substituents is 1. The van der Waals surface area contributed by atoms with Crippen molar-refractivity contribution in [3.05, 3.63) is 56.1 Å². The van der Waals surface area contributed by atoms with Gasteiger partial charge in [0.2, 0.25) is 0 Å². The van der Waals surface area contributed by atoms with Crippen molar-refractivity contribution in [3.63, 3.8) is 0 Å². The fourth-order valence-corrected chi connectivity index (χ4v) is 2.36. The van der Waals surface area contributed by atoms with Crippen molar-refractivity contribution >= 4 is 17.1 Å². The Bertz CT molecular complexity index is 839. The molecule has 10 nitrogen and oxygen atoms in total. The zero-order valence-corrected chi connectivity index (χ0v) is 14.3. The molecular formula is C16H17N3O7. The maximum absolute atomic E-state index is 11.2. The molecule has 10 heteroatoms. The van der Waals surface area contributed by atoms with Gasteiger partial charge in [0.25, 0.3) is 11.4 Å². The van der Waals surface area contributed by atoms with Gasteiger partial charge in [0.1, 0.15) is 11.4 Å². The van der Waals surface area contributed by atoms with Crippen LogP contribution in [0.25, 0.3) is 0 Å². The minimum Gasteiger partial charge on any atom is -0.496 e. The highest BCUT2D eigenvalue weighted by atomic mass is 16.6. The standard InChI is InChI=1S/C16H17N3O7/c1-24-14-8-16(26-3)15(25-2)6-10(14)9-17-12-5-4-11(18(20)21)7-13(12)19(22)23/h4-8,17H,9H2,1-3H3. The second kappa shape index (κ2) is 8.01. The summed E-state index contributed by atoms with van der Waals surface area (Å²) in [5.41, 5.74) is 0.0693. The van der Waals surface area contributed by atoms with Gasteiger partial charge in [-0.05, 0) is 12.1 Å². The number of rotatable bonds is 8. The van der Waals surface area contributed by atoms with Gasteiger partial charge in [-0.15, -0.1) is 0 Å². The molecule has 2 aromatic carbocycles. The summed E-state index contributed by atoms with van der Waals surface area (Å²) in [6.45, 7) is 0.169. The van der Waals surface area contributed by atoms with Crippen molar-refractivity contribution in [2.45, 2.75) is 6.54 Å². The van der Waals surface area contributed by atoms with Crippen LogP contribution < -0.4 is 19.5 Å². The molecule has 0 saturated carbocycles. The lowest BCUT2D eigenvalue weighted by Gasteiger charge is -2.15.